The molecule has 1 amide bonds. The molecule has 2 aliphatic rings. The first-order chi connectivity index (χ1) is 7.25. The third kappa shape index (κ3) is 1.60. The smallest absolute Gasteiger partial charge is 0.265 e. The van der Waals surface area contributed by atoms with Gasteiger partial charge < -0.3 is 9.64 Å². The Morgan fingerprint density at radius 1 is 1.67 bits per heavy atom. The van der Waals surface area contributed by atoms with Gasteiger partial charge in [-0.1, -0.05) is 0 Å². The van der Waals surface area contributed by atoms with Crippen LogP contribution in [0.15, 0.2) is 11.4 Å². The van der Waals surface area contributed by atoms with Gasteiger partial charge in [-0.15, -0.1) is 11.3 Å². The van der Waals surface area contributed by atoms with Crippen LogP contribution in [0.2, 0.25) is 0 Å². The molecule has 1 aromatic heterocycles. The largest absolute Gasteiger partial charge is 0.374 e. The maximum atomic E-state index is 12.2. The molecule has 0 spiro atoms. The van der Waals surface area contributed by atoms with Crippen molar-refractivity contribution in [3.8, 4) is 0 Å². The zero-order valence-corrected chi connectivity index (χ0v) is 11.0. The lowest BCUT2D eigenvalue weighted by Crippen LogP contribution is -2.41. The van der Waals surface area contributed by atoms with Gasteiger partial charge in [-0.25, -0.2) is 0 Å². The second kappa shape index (κ2) is 3.71. The maximum absolute atomic E-state index is 12.2. The summed E-state index contributed by atoms with van der Waals surface area (Å²) in [5.74, 6) is 0.185. The molecule has 80 valence electrons. The number of ether oxygens (including phenoxy) is 1. The summed E-state index contributed by atoms with van der Waals surface area (Å²) in [6, 6.07) is 2.31. The van der Waals surface area contributed by atoms with Crippen molar-refractivity contribution in [3.63, 3.8) is 0 Å². The van der Waals surface area contributed by atoms with E-state index in [1.807, 2.05) is 16.3 Å². The number of nitrogens with zero attached hydrogens (tertiary/aromatic N) is 1. The van der Waals surface area contributed by atoms with E-state index in [1.165, 1.54) is 11.3 Å². The molecule has 5 heteroatoms. The number of fused-ring (bicyclic) bond motifs is 2. The van der Waals surface area contributed by atoms with Gasteiger partial charge >= 0.3 is 0 Å². The van der Waals surface area contributed by atoms with Crippen LogP contribution in [-0.4, -0.2) is 36.1 Å². The fraction of sp³-hybridized carbons (Fsp3) is 0.500. The highest BCUT2D eigenvalue weighted by molar-refractivity contribution is 14.1. The number of likely N-dealkylation sites (tertiary alicyclic amines) is 1. The highest BCUT2D eigenvalue weighted by Gasteiger charge is 2.42. The number of amides is 1. The maximum Gasteiger partial charge on any atom is 0.265 e. The van der Waals surface area contributed by atoms with E-state index >= 15 is 0 Å². The van der Waals surface area contributed by atoms with Crippen molar-refractivity contribution >= 4 is 39.8 Å². The van der Waals surface area contributed by atoms with Gasteiger partial charge in [0.25, 0.3) is 5.91 Å². The molecule has 0 radical (unpaired) electrons. The van der Waals surface area contributed by atoms with Crippen molar-refractivity contribution < 1.29 is 9.53 Å². The number of carbonyl (C=O) groups is 1. The Hall–Kier alpha value is -0.140. The molecule has 1 aromatic rings. The van der Waals surface area contributed by atoms with E-state index in [0.29, 0.717) is 6.04 Å². The van der Waals surface area contributed by atoms with Crippen molar-refractivity contribution in [1.29, 1.82) is 0 Å². The van der Waals surface area contributed by atoms with Gasteiger partial charge in [-0.2, -0.15) is 0 Å². The summed E-state index contributed by atoms with van der Waals surface area (Å²) in [6.45, 7) is 1.50. The fourth-order valence-electron chi connectivity index (χ4n) is 2.23. The van der Waals surface area contributed by atoms with Gasteiger partial charge in [0.05, 0.1) is 18.8 Å². The Morgan fingerprint density at radius 2 is 2.53 bits per heavy atom. The van der Waals surface area contributed by atoms with Crippen molar-refractivity contribution in [1.82, 2.24) is 4.90 Å². The van der Waals surface area contributed by atoms with Crippen LogP contribution in [0.3, 0.4) is 0 Å². The molecule has 15 heavy (non-hydrogen) atoms. The minimum absolute atomic E-state index is 0.185. The van der Waals surface area contributed by atoms with E-state index < -0.39 is 0 Å². The molecule has 0 saturated carbocycles. The van der Waals surface area contributed by atoms with Gasteiger partial charge in [-0.05, 0) is 40.5 Å². The lowest BCUT2D eigenvalue weighted by molar-refractivity contribution is 0.0261. The van der Waals surface area contributed by atoms with Gasteiger partial charge in [0, 0.05) is 10.1 Å². The number of morpholine rings is 1. The summed E-state index contributed by atoms with van der Waals surface area (Å²) in [7, 11) is 0. The second-order valence-electron chi connectivity index (χ2n) is 3.90. The highest BCUT2D eigenvalue weighted by Crippen LogP contribution is 2.31. The fourth-order valence-corrected chi connectivity index (χ4v) is 4.00. The molecular formula is C10H10INO2S. The number of carbonyl (C=O) groups excluding carboxylic acids is 1. The lowest BCUT2D eigenvalue weighted by Gasteiger charge is -2.26. The molecule has 0 aromatic carbocycles. The second-order valence-corrected chi connectivity index (χ2v) is 5.98. The topological polar surface area (TPSA) is 29.5 Å². The van der Waals surface area contributed by atoms with E-state index in [1.54, 1.807) is 0 Å². The summed E-state index contributed by atoms with van der Waals surface area (Å²) in [5.41, 5.74) is 0. The van der Waals surface area contributed by atoms with Crippen LogP contribution in [0.25, 0.3) is 0 Å². The molecular weight excluding hydrogens is 325 g/mol. The van der Waals surface area contributed by atoms with E-state index in [0.717, 1.165) is 28.0 Å². The summed E-state index contributed by atoms with van der Waals surface area (Å²) >= 11 is 3.75. The van der Waals surface area contributed by atoms with Gasteiger partial charge in [0.1, 0.15) is 4.88 Å². The van der Waals surface area contributed by atoms with Crippen molar-refractivity contribution in [2.45, 2.75) is 18.6 Å². The van der Waals surface area contributed by atoms with E-state index in [9.17, 15) is 4.79 Å². The summed E-state index contributed by atoms with van der Waals surface area (Å²) in [6.07, 6.45) is 1.31. The summed E-state index contributed by atoms with van der Waals surface area (Å²) in [5, 5.41) is 1.97. The molecule has 3 heterocycles. The molecule has 2 bridgehead atoms. The number of hydrogen-bond donors (Lipinski definition) is 0. The molecule has 2 saturated heterocycles. The van der Waals surface area contributed by atoms with Gasteiger partial charge in [0.2, 0.25) is 0 Å². The van der Waals surface area contributed by atoms with E-state index in [-0.39, 0.29) is 12.0 Å². The van der Waals surface area contributed by atoms with Crippen LogP contribution in [-0.2, 0) is 4.74 Å². The minimum Gasteiger partial charge on any atom is -0.374 e. The first-order valence-corrected chi connectivity index (χ1v) is 6.87. The molecule has 0 aliphatic carbocycles. The molecule has 2 unspecified atom stereocenters. The Kier molecular flexibility index (Phi) is 2.48. The first kappa shape index (κ1) is 10.0. The lowest BCUT2D eigenvalue weighted by atomic mass is 10.2. The average Bonchev–Trinajstić information content (AvgIpc) is 2.91. The predicted octanol–water partition coefficient (Wildman–Crippen LogP) is 1.97. The Bertz CT molecular complexity index is 406. The van der Waals surface area contributed by atoms with Crippen LogP contribution in [0.1, 0.15) is 16.1 Å². The molecule has 2 fully saturated rings. The van der Waals surface area contributed by atoms with Crippen molar-refractivity contribution in [2.24, 2.45) is 0 Å². The number of hydrogen-bond acceptors (Lipinski definition) is 3. The molecule has 3 rings (SSSR count). The number of thiophene rings is 1. The molecule has 3 nitrogen and oxygen atoms in total. The zero-order chi connectivity index (χ0) is 10.4. The van der Waals surface area contributed by atoms with Crippen LogP contribution in [0.4, 0.5) is 0 Å². The van der Waals surface area contributed by atoms with Crippen LogP contribution in [0, 0.1) is 3.57 Å². The van der Waals surface area contributed by atoms with Crippen molar-refractivity contribution in [3.05, 3.63) is 19.9 Å². The molecule has 2 atom stereocenters. The standard InChI is InChI=1S/C10H10INO2S/c11-8-1-2-15-9(8)10(13)12-4-7-3-6(12)5-14-7/h1-2,6-7H,3-5H2. The normalized spacial score (nSPS) is 28.7. The summed E-state index contributed by atoms with van der Waals surface area (Å²) in [4.78, 5) is 15.0. The van der Waals surface area contributed by atoms with E-state index in [2.05, 4.69) is 22.6 Å². The SMILES string of the molecule is O=C(c1sccc1I)N1CC2CC1CO2. The van der Waals surface area contributed by atoms with Crippen LogP contribution < -0.4 is 0 Å². The van der Waals surface area contributed by atoms with Crippen LogP contribution >= 0.6 is 33.9 Å². The summed E-state index contributed by atoms with van der Waals surface area (Å²) < 4.78 is 6.55. The third-order valence-electron chi connectivity index (χ3n) is 2.97. The third-order valence-corrected chi connectivity index (χ3v) is 5.14. The predicted molar refractivity (Wildman–Crippen MR) is 66.2 cm³/mol. The van der Waals surface area contributed by atoms with Gasteiger partial charge in [0.15, 0.2) is 0 Å². The van der Waals surface area contributed by atoms with Crippen molar-refractivity contribution in [2.75, 3.05) is 13.2 Å². The highest BCUT2D eigenvalue weighted by atomic mass is 127. The minimum atomic E-state index is 0.185. The number of halogens is 1. The zero-order valence-electron chi connectivity index (χ0n) is 7.98. The van der Waals surface area contributed by atoms with Crippen LogP contribution in [0.5, 0.6) is 0 Å². The number of rotatable bonds is 1. The average molecular weight is 335 g/mol. The van der Waals surface area contributed by atoms with Gasteiger partial charge in [-0.3, -0.25) is 4.79 Å². The molecule has 2 aliphatic heterocycles. The monoisotopic (exact) mass is 335 g/mol. The van der Waals surface area contributed by atoms with E-state index in [4.69, 9.17) is 4.74 Å². The Balaban J connectivity index is 1.84. The Morgan fingerprint density at radius 3 is 3.07 bits per heavy atom. The quantitative estimate of drug-likeness (QED) is 0.735. The first-order valence-electron chi connectivity index (χ1n) is 4.91. The Labute approximate surface area is 106 Å². The molecule has 0 N–H and O–H groups in total.